The Morgan fingerprint density at radius 2 is 1.02 bits per heavy atom. The summed E-state index contributed by atoms with van der Waals surface area (Å²) in [6, 6.07) is 11.4. The lowest BCUT2D eigenvalue weighted by molar-refractivity contribution is 0.397. The molecule has 0 saturated heterocycles. The molecular formula is C73H136N14O6S3. The fourth-order valence-electron chi connectivity index (χ4n) is 3.56. The number of aliphatic imine (C=N–C) groups is 1. The summed E-state index contributed by atoms with van der Waals surface area (Å²) in [6.07, 6.45) is 26.8. The number of H-pyrrole nitrogens is 2. The van der Waals surface area contributed by atoms with Crippen LogP contribution in [0.5, 0.6) is 0 Å². The number of aromatic amines is 2. The molecule has 0 bridgehead atoms. The van der Waals surface area contributed by atoms with Crippen molar-refractivity contribution in [2.45, 2.75) is 249 Å². The van der Waals surface area contributed by atoms with E-state index in [-0.39, 0.29) is 0 Å². The van der Waals surface area contributed by atoms with E-state index in [9.17, 15) is 0 Å². The van der Waals surface area contributed by atoms with Crippen molar-refractivity contribution in [3.05, 3.63) is 208 Å². The SMILES string of the molecule is CC.CC.CC.CC.CC.CC.CC.CC.CC.CC.CC.CC.CC1=CCN=C1.Cc1ccn[nH]1.Cc1ccn[nH]1.Cc1ccno1.Cc1ccns1.Cc1ccon1.Cc1ccsn1.Cc1cnco1.Cc1cnoc1.Cc1cnsc1.Cc1cocn1.Cc1ncco1. The number of hydrogen-bond donors (Lipinski definition) is 2. The van der Waals surface area contributed by atoms with Crippen LogP contribution in [0.3, 0.4) is 0 Å². The first-order valence-corrected chi connectivity index (χ1v) is 36.0. The van der Waals surface area contributed by atoms with Crippen LogP contribution in [0.2, 0.25) is 0 Å². The number of hydrogen-bond acceptors (Lipinski definition) is 21. The Balaban J connectivity index is -0.0000000779. The molecule has 11 aromatic heterocycles. The Kier molecular flexibility index (Phi) is 134. The molecule has 23 heteroatoms. The molecule has 0 aromatic carbocycles. The van der Waals surface area contributed by atoms with Gasteiger partial charge < -0.3 is 26.8 Å². The van der Waals surface area contributed by atoms with Gasteiger partial charge in [-0.2, -0.15) is 14.6 Å². The van der Waals surface area contributed by atoms with Crippen molar-refractivity contribution < 1.29 is 26.8 Å². The zero-order valence-electron chi connectivity index (χ0n) is 66.6. The summed E-state index contributed by atoms with van der Waals surface area (Å²) in [6.45, 7) is 72.1. The number of aryl methyl sites for hydroxylation is 11. The highest BCUT2D eigenvalue weighted by molar-refractivity contribution is 7.05. The lowest BCUT2D eigenvalue weighted by atomic mass is 10.3. The lowest BCUT2D eigenvalue weighted by Crippen LogP contribution is -1.65. The molecule has 1 aliphatic heterocycles. The Bertz CT molecular complexity index is 2100. The highest BCUT2D eigenvalue weighted by Crippen LogP contribution is 1.99. The normalized spacial score (nSPS) is 7.98. The van der Waals surface area contributed by atoms with Crippen molar-refractivity contribution in [3.63, 3.8) is 0 Å². The van der Waals surface area contributed by atoms with Crippen molar-refractivity contribution in [3.8, 4) is 0 Å². The van der Waals surface area contributed by atoms with Crippen LogP contribution >= 0.6 is 34.6 Å². The summed E-state index contributed by atoms with van der Waals surface area (Å²) in [5.41, 5.74) is 8.78. The van der Waals surface area contributed by atoms with Crippen LogP contribution in [0.15, 0.2) is 178 Å². The van der Waals surface area contributed by atoms with Crippen LogP contribution in [0, 0.1) is 76.2 Å². The minimum atomic E-state index is 0.718. The smallest absolute Gasteiger partial charge is 0.190 e. The highest BCUT2D eigenvalue weighted by Gasteiger charge is 1.86. The van der Waals surface area contributed by atoms with Gasteiger partial charge in [0.2, 0.25) is 0 Å². The second-order valence-corrected chi connectivity index (χ2v) is 16.5. The number of rotatable bonds is 0. The standard InChI is InChI=1S/C5H7N.2C4H6N2.6C4H5NO.3C4H5NS.12C2H6/c1-5-2-3-6-4-5;2*1-4-2-3-5-6-4;1-4-2-6-3-5-4;1-4-2-5-3-6-4;1-4-2-5-6-3-4;1-4-5-2-3-6-4;1-4-2-3-6-5-4;1-4-2-3-5-6-4;1-4-2-5-6-3-4;1-4-2-3-6-5-4;1-4-2-3-5-6-4;12*1-2/h2,4H,3H2,1H3;2*2-3H,1H3,(H,5,6);9*2-3H,1H3;12*1-2H3. The van der Waals surface area contributed by atoms with Gasteiger partial charge in [-0.05, 0) is 146 Å². The molecule has 12 rings (SSSR count). The molecule has 0 spiro atoms. The maximum atomic E-state index is 4.72. The second kappa shape index (κ2) is 111. The number of aromatic nitrogens is 13. The lowest BCUT2D eigenvalue weighted by Gasteiger charge is -1.69. The maximum Gasteiger partial charge on any atom is 0.190 e. The summed E-state index contributed by atoms with van der Waals surface area (Å²) >= 11 is 4.51. The summed E-state index contributed by atoms with van der Waals surface area (Å²) in [5, 5.41) is 27.3. The predicted octanol–water partition coefficient (Wildman–Crippen LogP) is 25.0. The zero-order valence-corrected chi connectivity index (χ0v) is 69.1. The molecule has 2 N–H and O–H groups in total. The monoisotopic (exact) mass is 1400 g/mol. The number of allylic oxidation sites excluding steroid dienone is 1. The van der Waals surface area contributed by atoms with Gasteiger partial charge in [-0.3, -0.25) is 15.2 Å². The molecule has 0 amide bonds. The van der Waals surface area contributed by atoms with Crippen molar-refractivity contribution in [2.24, 2.45) is 4.99 Å². The van der Waals surface area contributed by atoms with Crippen molar-refractivity contribution in [2.75, 3.05) is 6.54 Å². The first kappa shape index (κ1) is 115. The van der Waals surface area contributed by atoms with Gasteiger partial charge in [0, 0.05) is 82.6 Å². The summed E-state index contributed by atoms with van der Waals surface area (Å²) < 4.78 is 39.2. The molecule has 11 aromatic rings. The van der Waals surface area contributed by atoms with E-state index < -0.39 is 0 Å². The van der Waals surface area contributed by atoms with E-state index in [0.29, 0.717) is 0 Å². The Hall–Kier alpha value is -8.02. The van der Waals surface area contributed by atoms with Crippen LogP contribution in [0.1, 0.15) is 235 Å². The Morgan fingerprint density at radius 3 is 1.14 bits per heavy atom. The van der Waals surface area contributed by atoms with Crippen LogP contribution < -0.4 is 0 Å². The largest absolute Gasteiger partial charge is 0.452 e. The molecule has 0 fully saturated rings. The summed E-state index contributed by atoms with van der Waals surface area (Å²) in [4.78, 5) is 16.4. The topological polar surface area (TPSA) is 265 Å². The quantitative estimate of drug-likeness (QED) is 0.143. The average molecular weight is 1400 g/mol. The van der Waals surface area contributed by atoms with Crippen LogP contribution in [-0.2, 0) is 0 Å². The second-order valence-electron chi connectivity index (χ2n) is 14.1. The van der Waals surface area contributed by atoms with E-state index in [1.165, 1.54) is 63.4 Å². The maximum absolute atomic E-state index is 4.72. The molecule has 12 heterocycles. The van der Waals surface area contributed by atoms with Gasteiger partial charge in [-0.15, -0.1) is 0 Å². The molecule has 0 saturated carbocycles. The fourth-order valence-corrected chi connectivity index (χ4v) is 5.03. The van der Waals surface area contributed by atoms with Crippen LogP contribution in [0.25, 0.3) is 0 Å². The molecule has 20 nitrogen and oxygen atoms in total. The predicted molar refractivity (Wildman–Crippen MR) is 418 cm³/mol. The first-order valence-electron chi connectivity index (χ1n) is 33.6. The van der Waals surface area contributed by atoms with Gasteiger partial charge >= 0.3 is 0 Å². The number of nitrogens with one attached hydrogen (secondary N) is 2. The van der Waals surface area contributed by atoms with Crippen LogP contribution in [0.4, 0.5) is 0 Å². The van der Waals surface area contributed by atoms with Crippen molar-refractivity contribution >= 4 is 40.8 Å². The fraction of sp³-hybridized carbons (Fsp3) is 0.507. The van der Waals surface area contributed by atoms with Gasteiger partial charge in [0.05, 0.1) is 48.4 Å². The van der Waals surface area contributed by atoms with Gasteiger partial charge in [0.1, 0.15) is 36.6 Å². The van der Waals surface area contributed by atoms with Gasteiger partial charge in [-0.1, -0.05) is 188 Å². The summed E-state index contributed by atoms with van der Waals surface area (Å²) in [7, 11) is 0. The van der Waals surface area contributed by atoms with E-state index in [4.69, 9.17) is 8.83 Å². The third-order valence-electron chi connectivity index (χ3n) is 7.14. The van der Waals surface area contributed by atoms with E-state index >= 15 is 0 Å². The van der Waals surface area contributed by atoms with Gasteiger partial charge in [0.15, 0.2) is 18.7 Å². The van der Waals surface area contributed by atoms with Crippen molar-refractivity contribution in [1.29, 1.82) is 0 Å². The van der Waals surface area contributed by atoms with E-state index in [2.05, 4.69) is 99.9 Å². The molecule has 0 aliphatic carbocycles. The highest BCUT2D eigenvalue weighted by atomic mass is 32.1. The molecular weight excluding hydrogens is 1270 g/mol. The van der Waals surface area contributed by atoms with E-state index in [1.54, 1.807) is 87.5 Å². The first-order chi connectivity index (χ1) is 46.7. The number of nitrogens with zero attached hydrogens (tertiary/aromatic N) is 12. The third kappa shape index (κ3) is 108. The molecule has 0 unspecified atom stereocenters. The van der Waals surface area contributed by atoms with Crippen LogP contribution in [-0.4, -0.2) is 76.7 Å². The molecule has 96 heavy (non-hydrogen) atoms. The Morgan fingerprint density at radius 1 is 0.448 bits per heavy atom. The van der Waals surface area contributed by atoms with E-state index in [0.717, 1.165) is 58.0 Å². The van der Waals surface area contributed by atoms with Gasteiger partial charge in [-0.25, -0.2) is 23.7 Å². The minimum Gasteiger partial charge on any atom is -0.452 e. The number of oxazole rings is 3. The third-order valence-corrected chi connectivity index (χ3v) is 9.15. The molecule has 0 atom stereocenters. The molecule has 1 aliphatic rings. The summed E-state index contributed by atoms with van der Waals surface area (Å²) in [5.74, 6) is 2.43. The van der Waals surface area contributed by atoms with E-state index in [1.807, 2.05) is 283 Å². The minimum absolute atomic E-state index is 0.718. The molecule has 552 valence electrons. The molecule has 0 radical (unpaired) electrons. The van der Waals surface area contributed by atoms with Gasteiger partial charge in [0.25, 0.3) is 0 Å². The van der Waals surface area contributed by atoms with Crippen molar-refractivity contribution in [1.82, 2.24) is 63.9 Å². The zero-order chi connectivity index (χ0) is 76.9. The Labute approximate surface area is 597 Å². The average Bonchev–Trinajstić information content (AvgIpc) is 4.46.